The summed E-state index contributed by atoms with van der Waals surface area (Å²) in [5.41, 5.74) is 4.65. The van der Waals surface area contributed by atoms with Crippen molar-refractivity contribution in [3.8, 4) is 0 Å². The summed E-state index contributed by atoms with van der Waals surface area (Å²) >= 11 is 0. The minimum absolute atomic E-state index is 0.176. The molecule has 2 N–H and O–H groups in total. The van der Waals surface area contributed by atoms with Gasteiger partial charge in [-0.25, -0.2) is 4.68 Å². The molecule has 5 rings (SSSR count). The lowest BCUT2D eigenvalue weighted by Gasteiger charge is -2.30. The minimum atomic E-state index is -0.662. The quantitative estimate of drug-likeness (QED) is 0.461. The Morgan fingerprint density at radius 3 is 2.61 bits per heavy atom. The van der Waals surface area contributed by atoms with E-state index < -0.39 is 6.10 Å². The molecule has 1 atom stereocenters. The molecule has 6 nitrogen and oxygen atoms in total. The van der Waals surface area contributed by atoms with Crippen LogP contribution in [0.15, 0.2) is 83.8 Å². The Labute approximate surface area is 193 Å². The van der Waals surface area contributed by atoms with Gasteiger partial charge in [-0.15, -0.1) is 0 Å². The summed E-state index contributed by atoms with van der Waals surface area (Å²) in [7, 11) is 0. The number of β-amino-alcohol motifs (C(OH)–C–C–N with tert-alkyl or cyclic N) is 1. The van der Waals surface area contributed by atoms with Gasteiger partial charge in [0.1, 0.15) is 0 Å². The van der Waals surface area contributed by atoms with Crippen LogP contribution in [0.5, 0.6) is 0 Å². The highest BCUT2D eigenvalue weighted by molar-refractivity contribution is 5.84. The van der Waals surface area contributed by atoms with Crippen molar-refractivity contribution < 1.29 is 5.11 Å². The van der Waals surface area contributed by atoms with Gasteiger partial charge in [-0.1, -0.05) is 54.6 Å². The molecule has 0 amide bonds. The Balaban J connectivity index is 1.24. The molecule has 3 aromatic carbocycles. The van der Waals surface area contributed by atoms with Crippen LogP contribution in [0.25, 0.3) is 10.8 Å². The van der Waals surface area contributed by atoms with Gasteiger partial charge in [0.25, 0.3) is 5.56 Å². The number of nitrogens with zero attached hydrogens (tertiary/aromatic N) is 3. The summed E-state index contributed by atoms with van der Waals surface area (Å²) in [6.45, 7) is 3.15. The number of hydrogen-bond donors (Lipinski definition) is 2. The second-order valence-electron chi connectivity index (χ2n) is 8.68. The topological polar surface area (TPSA) is 70.4 Å². The molecule has 0 bridgehead atoms. The van der Waals surface area contributed by atoms with Crippen molar-refractivity contribution in [1.29, 1.82) is 0 Å². The minimum Gasteiger partial charge on any atom is -0.390 e. The predicted molar refractivity (Wildman–Crippen MR) is 131 cm³/mol. The summed E-state index contributed by atoms with van der Waals surface area (Å²) in [6.07, 6.45) is 2.02. The van der Waals surface area contributed by atoms with Crippen LogP contribution >= 0.6 is 0 Å². The van der Waals surface area contributed by atoms with Crippen LogP contribution in [0.1, 0.15) is 16.7 Å². The van der Waals surface area contributed by atoms with Crippen LogP contribution in [-0.2, 0) is 26.1 Å². The van der Waals surface area contributed by atoms with E-state index in [4.69, 9.17) is 0 Å². The van der Waals surface area contributed by atoms with Crippen LogP contribution < -0.4 is 10.9 Å². The van der Waals surface area contributed by atoms with E-state index in [2.05, 4.69) is 51.7 Å². The first kappa shape index (κ1) is 21.4. The van der Waals surface area contributed by atoms with Gasteiger partial charge in [-0.2, -0.15) is 5.10 Å². The van der Waals surface area contributed by atoms with Gasteiger partial charge < -0.3 is 10.4 Å². The molecule has 1 aromatic heterocycles. The molecule has 168 valence electrons. The number of anilines is 1. The SMILES string of the molecule is O=c1c2ccc(NCc3ccccc3)cc2cnn1C[C@H](O)CN1CCc2ccccc2C1. The van der Waals surface area contributed by atoms with Crippen LogP contribution in [0.2, 0.25) is 0 Å². The zero-order valence-electron chi connectivity index (χ0n) is 18.5. The van der Waals surface area contributed by atoms with E-state index in [0.717, 1.165) is 30.6 Å². The molecule has 0 radical (unpaired) electrons. The predicted octanol–water partition coefficient (Wildman–Crippen LogP) is 3.43. The van der Waals surface area contributed by atoms with Crippen LogP contribution in [0.4, 0.5) is 5.69 Å². The van der Waals surface area contributed by atoms with Gasteiger partial charge in [0, 0.05) is 37.3 Å². The molecule has 4 aromatic rings. The summed E-state index contributed by atoms with van der Waals surface area (Å²) in [6, 6.07) is 24.3. The normalized spacial score (nSPS) is 14.7. The third-order valence-corrected chi connectivity index (χ3v) is 6.25. The highest BCUT2D eigenvalue weighted by Crippen LogP contribution is 2.19. The van der Waals surface area contributed by atoms with Gasteiger partial charge >= 0.3 is 0 Å². The average Bonchev–Trinajstić information content (AvgIpc) is 2.85. The number of aliphatic hydroxyl groups excluding tert-OH is 1. The van der Waals surface area contributed by atoms with Crippen molar-refractivity contribution in [2.24, 2.45) is 0 Å². The number of fused-ring (bicyclic) bond motifs is 2. The molecule has 0 saturated heterocycles. The zero-order valence-corrected chi connectivity index (χ0v) is 18.5. The first-order valence-corrected chi connectivity index (χ1v) is 11.4. The van der Waals surface area contributed by atoms with E-state index in [1.807, 2.05) is 36.4 Å². The first-order valence-electron chi connectivity index (χ1n) is 11.4. The zero-order chi connectivity index (χ0) is 22.6. The first-order chi connectivity index (χ1) is 16.2. The van der Waals surface area contributed by atoms with E-state index in [-0.39, 0.29) is 12.1 Å². The second-order valence-corrected chi connectivity index (χ2v) is 8.68. The third-order valence-electron chi connectivity index (χ3n) is 6.25. The van der Waals surface area contributed by atoms with Crippen LogP contribution in [0.3, 0.4) is 0 Å². The van der Waals surface area contributed by atoms with E-state index in [9.17, 15) is 9.90 Å². The van der Waals surface area contributed by atoms with Gasteiger partial charge in [-0.05, 0) is 41.3 Å². The second kappa shape index (κ2) is 9.57. The standard InChI is InChI=1S/C27H28N4O2/c32-25(18-30-13-12-21-8-4-5-9-22(21)17-30)19-31-27(33)26-11-10-24(14-23(26)16-29-31)28-15-20-6-2-1-3-7-20/h1-11,14,16,25,28,32H,12-13,15,17-19H2/t25-/m1/s1. The smallest absolute Gasteiger partial charge is 0.274 e. The van der Waals surface area contributed by atoms with Crippen molar-refractivity contribution in [2.75, 3.05) is 18.4 Å². The Morgan fingerprint density at radius 2 is 1.76 bits per heavy atom. The maximum atomic E-state index is 13.0. The highest BCUT2D eigenvalue weighted by atomic mass is 16.3. The van der Waals surface area contributed by atoms with E-state index >= 15 is 0 Å². The Bertz CT molecular complexity index is 1300. The number of rotatable bonds is 7. The van der Waals surface area contributed by atoms with Gasteiger partial charge in [0.15, 0.2) is 0 Å². The molecule has 0 unspecified atom stereocenters. The molecular formula is C27H28N4O2. The molecular weight excluding hydrogens is 412 g/mol. The molecule has 2 heterocycles. The number of hydrogen-bond acceptors (Lipinski definition) is 5. The van der Waals surface area contributed by atoms with Crippen molar-refractivity contribution in [3.63, 3.8) is 0 Å². The molecule has 6 heteroatoms. The summed E-state index contributed by atoms with van der Waals surface area (Å²) < 4.78 is 1.38. The summed E-state index contributed by atoms with van der Waals surface area (Å²) in [5, 5.41) is 19.8. The van der Waals surface area contributed by atoms with Crippen molar-refractivity contribution in [2.45, 2.75) is 32.2 Å². The fraction of sp³-hybridized carbons (Fsp3) is 0.259. The Kier molecular flexibility index (Phi) is 6.19. The van der Waals surface area contributed by atoms with Crippen molar-refractivity contribution in [3.05, 3.63) is 106 Å². The average molecular weight is 441 g/mol. The number of aromatic nitrogens is 2. The Morgan fingerprint density at radius 1 is 0.970 bits per heavy atom. The summed E-state index contributed by atoms with van der Waals surface area (Å²) in [5.74, 6) is 0. The highest BCUT2D eigenvalue weighted by Gasteiger charge is 2.19. The maximum absolute atomic E-state index is 13.0. The maximum Gasteiger partial charge on any atom is 0.274 e. The lowest BCUT2D eigenvalue weighted by molar-refractivity contribution is 0.0878. The third kappa shape index (κ3) is 4.97. The van der Waals surface area contributed by atoms with Crippen LogP contribution in [0, 0.1) is 0 Å². The molecule has 0 saturated carbocycles. The van der Waals surface area contributed by atoms with Gasteiger partial charge in [-0.3, -0.25) is 9.69 Å². The molecule has 0 fully saturated rings. The van der Waals surface area contributed by atoms with Crippen molar-refractivity contribution >= 4 is 16.5 Å². The fourth-order valence-electron chi connectivity index (χ4n) is 4.49. The lowest BCUT2D eigenvalue weighted by atomic mass is 10.00. The number of aliphatic hydroxyl groups is 1. The Hall–Kier alpha value is -3.48. The molecule has 1 aliphatic rings. The largest absolute Gasteiger partial charge is 0.390 e. The summed E-state index contributed by atoms with van der Waals surface area (Å²) in [4.78, 5) is 15.2. The van der Waals surface area contributed by atoms with Crippen LogP contribution in [-0.4, -0.2) is 39.0 Å². The molecule has 0 spiro atoms. The fourth-order valence-corrected chi connectivity index (χ4v) is 4.49. The van der Waals surface area contributed by atoms with E-state index in [1.165, 1.54) is 21.4 Å². The van der Waals surface area contributed by atoms with E-state index in [0.29, 0.717) is 18.5 Å². The van der Waals surface area contributed by atoms with Crippen molar-refractivity contribution in [1.82, 2.24) is 14.7 Å². The van der Waals surface area contributed by atoms with Gasteiger partial charge in [0.05, 0.1) is 24.2 Å². The number of benzene rings is 3. The number of nitrogens with one attached hydrogen (secondary N) is 1. The lowest BCUT2D eigenvalue weighted by Crippen LogP contribution is -2.40. The van der Waals surface area contributed by atoms with E-state index in [1.54, 1.807) is 6.20 Å². The molecule has 33 heavy (non-hydrogen) atoms. The monoisotopic (exact) mass is 440 g/mol. The molecule has 1 aliphatic heterocycles. The van der Waals surface area contributed by atoms with Gasteiger partial charge in [0.2, 0.25) is 0 Å². The molecule has 0 aliphatic carbocycles.